The van der Waals surface area contributed by atoms with Gasteiger partial charge in [0.25, 0.3) is 15.6 Å². The van der Waals surface area contributed by atoms with E-state index in [-0.39, 0.29) is 16.2 Å². The predicted octanol–water partition coefficient (Wildman–Crippen LogP) is 4.24. The van der Waals surface area contributed by atoms with E-state index in [1.807, 2.05) is 32.9 Å². The van der Waals surface area contributed by atoms with Gasteiger partial charge in [0, 0.05) is 17.7 Å². The lowest BCUT2D eigenvalue weighted by Gasteiger charge is -2.21. The smallest absolute Gasteiger partial charge is 0.270 e. The third kappa shape index (κ3) is 4.39. The van der Waals surface area contributed by atoms with Crippen LogP contribution in [0.3, 0.4) is 0 Å². The number of hydrogen-bond acceptors (Lipinski definition) is 5. The maximum Gasteiger partial charge on any atom is 0.270 e. The zero-order valence-electron chi connectivity index (χ0n) is 19.4. The number of aromatic nitrogens is 2. The monoisotopic (exact) mass is 467 g/mol. The Hall–Kier alpha value is -3.13. The van der Waals surface area contributed by atoms with E-state index in [1.165, 1.54) is 11.8 Å². The first kappa shape index (κ1) is 23.0. The molecule has 0 amide bonds. The number of nitrogens with zero attached hydrogens (tertiary/aromatic N) is 2. The number of sulfonamides is 1. The lowest BCUT2D eigenvalue weighted by molar-refractivity contribution is 0.403. The molecule has 1 aliphatic rings. The Bertz CT molecular complexity index is 1380. The molecule has 1 N–H and O–H groups in total. The molecule has 174 valence electrons. The van der Waals surface area contributed by atoms with Gasteiger partial charge in [-0.1, -0.05) is 17.7 Å². The summed E-state index contributed by atoms with van der Waals surface area (Å²) >= 11 is 0. The first-order chi connectivity index (χ1) is 15.7. The summed E-state index contributed by atoms with van der Waals surface area (Å²) in [5.41, 5.74) is 5.38. The van der Waals surface area contributed by atoms with Crippen LogP contribution >= 0.6 is 0 Å². The molecule has 0 bridgehead atoms. The fourth-order valence-corrected chi connectivity index (χ4v) is 5.72. The summed E-state index contributed by atoms with van der Waals surface area (Å²) in [7, 11) is -2.49. The second-order valence-electron chi connectivity index (χ2n) is 8.42. The highest BCUT2D eigenvalue weighted by Crippen LogP contribution is 2.34. The summed E-state index contributed by atoms with van der Waals surface area (Å²) in [6, 6.07) is 10.6. The molecule has 2 aromatic carbocycles. The molecular weight excluding hydrogens is 438 g/mol. The lowest BCUT2D eigenvalue weighted by atomic mass is 9.90. The second kappa shape index (κ2) is 9.02. The maximum atomic E-state index is 13.4. The molecule has 0 saturated carbocycles. The maximum absolute atomic E-state index is 13.4. The van der Waals surface area contributed by atoms with E-state index >= 15 is 0 Å². The minimum absolute atomic E-state index is 0.0306. The fourth-order valence-electron chi connectivity index (χ4n) is 4.39. The molecule has 1 aliphatic carbocycles. The third-order valence-electron chi connectivity index (χ3n) is 6.12. The highest BCUT2D eigenvalue weighted by atomic mass is 32.2. The third-order valence-corrected chi connectivity index (χ3v) is 7.51. The van der Waals surface area contributed by atoms with Gasteiger partial charge in [0.1, 0.15) is 10.6 Å². The van der Waals surface area contributed by atoms with Gasteiger partial charge in [-0.05, 0) is 81.8 Å². The van der Waals surface area contributed by atoms with Gasteiger partial charge in [-0.2, -0.15) is 5.10 Å². The van der Waals surface area contributed by atoms with Crippen LogP contribution in [0.2, 0.25) is 0 Å². The number of fused-ring (bicyclic) bond motifs is 1. The van der Waals surface area contributed by atoms with Gasteiger partial charge in [-0.15, -0.1) is 0 Å². The molecule has 1 aromatic heterocycles. The van der Waals surface area contributed by atoms with Gasteiger partial charge >= 0.3 is 0 Å². The Balaban J connectivity index is 1.85. The molecule has 33 heavy (non-hydrogen) atoms. The van der Waals surface area contributed by atoms with Crippen molar-refractivity contribution in [3.05, 3.63) is 69.0 Å². The van der Waals surface area contributed by atoms with Crippen molar-refractivity contribution in [2.45, 2.75) is 57.9 Å². The van der Waals surface area contributed by atoms with E-state index in [0.717, 1.165) is 47.9 Å². The minimum Gasteiger partial charge on any atom is -0.495 e. The van der Waals surface area contributed by atoms with Crippen LogP contribution in [-0.2, 0) is 29.4 Å². The first-order valence-electron chi connectivity index (χ1n) is 11.2. The molecule has 1 heterocycles. The molecular formula is C25H29N3O4S. The van der Waals surface area contributed by atoms with Crippen LogP contribution in [0.15, 0.2) is 46.1 Å². The van der Waals surface area contributed by atoms with E-state index in [4.69, 9.17) is 4.74 Å². The quantitative estimate of drug-likeness (QED) is 0.586. The molecule has 0 radical (unpaired) electrons. The molecule has 0 unspecified atom stereocenters. The molecule has 0 spiro atoms. The van der Waals surface area contributed by atoms with Gasteiger partial charge in [0.05, 0.1) is 18.5 Å². The molecule has 3 aromatic rings. The molecule has 0 atom stereocenters. The summed E-state index contributed by atoms with van der Waals surface area (Å²) in [5.74, 6) is 0.244. The Kier molecular flexibility index (Phi) is 6.30. The largest absolute Gasteiger partial charge is 0.495 e. The van der Waals surface area contributed by atoms with E-state index in [2.05, 4.69) is 9.82 Å². The molecule has 4 rings (SSSR count). The van der Waals surface area contributed by atoms with Crippen LogP contribution in [0.25, 0.3) is 11.3 Å². The topological polar surface area (TPSA) is 90.3 Å². The number of hydrogen-bond donors (Lipinski definition) is 1. The Labute approximate surface area is 194 Å². The van der Waals surface area contributed by atoms with Crippen LogP contribution in [-0.4, -0.2) is 25.3 Å². The molecule has 0 fully saturated rings. The van der Waals surface area contributed by atoms with Crippen LogP contribution in [0.4, 0.5) is 5.69 Å². The lowest BCUT2D eigenvalue weighted by Crippen LogP contribution is -2.30. The number of anilines is 1. The summed E-state index contributed by atoms with van der Waals surface area (Å²) in [6.45, 7) is 6.16. The van der Waals surface area contributed by atoms with Crippen molar-refractivity contribution in [2.24, 2.45) is 0 Å². The predicted molar refractivity (Wildman–Crippen MR) is 130 cm³/mol. The summed E-state index contributed by atoms with van der Waals surface area (Å²) in [4.78, 5) is 12.8. The first-order valence-corrected chi connectivity index (χ1v) is 12.6. The fraction of sp³-hybridized carbons (Fsp3) is 0.360. The number of ether oxygens (including phenoxy) is 1. The number of methoxy groups -OCH3 is 1. The normalized spacial score (nSPS) is 13.5. The number of rotatable bonds is 6. The van der Waals surface area contributed by atoms with Crippen molar-refractivity contribution in [1.82, 2.24) is 9.78 Å². The summed E-state index contributed by atoms with van der Waals surface area (Å²) < 4.78 is 36.4. The number of benzene rings is 2. The van der Waals surface area contributed by atoms with Gasteiger partial charge in [0.15, 0.2) is 0 Å². The zero-order valence-corrected chi connectivity index (χ0v) is 20.3. The van der Waals surface area contributed by atoms with Gasteiger partial charge in [-0.25, -0.2) is 13.1 Å². The average molecular weight is 468 g/mol. The number of nitrogens with one attached hydrogen (secondary N) is 1. The van der Waals surface area contributed by atoms with E-state index in [0.29, 0.717) is 23.5 Å². The Morgan fingerprint density at radius 2 is 1.79 bits per heavy atom. The van der Waals surface area contributed by atoms with E-state index in [9.17, 15) is 13.2 Å². The van der Waals surface area contributed by atoms with Crippen LogP contribution < -0.4 is 15.0 Å². The van der Waals surface area contributed by atoms with Crippen molar-refractivity contribution >= 4 is 15.7 Å². The van der Waals surface area contributed by atoms with Crippen molar-refractivity contribution in [3.63, 3.8) is 0 Å². The zero-order chi connectivity index (χ0) is 23.8. The van der Waals surface area contributed by atoms with Crippen molar-refractivity contribution < 1.29 is 13.2 Å². The van der Waals surface area contributed by atoms with E-state index in [1.54, 1.807) is 24.3 Å². The Morgan fingerprint density at radius 1 is 1.06 bits per heavy atom. The van der Waals surface area contributed by atoms with Gasteiger partial charge in [0.2, 0.25) is 0 Å². The molecule has 7 nitrogen and oxygen atoms in total. The van der Waals surface area contributed by atoms with Crippen LogP contribution in [0.5, 0.6) is 5.75 Å². The average Bonchev–Trinajstić information content (AvgIpc) is 2.81. The minimum atomic E-state index is -3.94. The highest BCUT2D eigenvalue weighted by Gasteiger charge is 2.25. The summed E-state index contributed by atoms with van der Waals surface area (Å²) in [6.07, 6.45) is 3.43. The molecule has 0 aliphatic heterocycles. The van der Waals surface area contributed by atoms with Crippen molar-refractivity contribution in [1.29, 1.82) is 0 Å². The van der Waals surface area contributed by atoms with Gasteiger partial charge in [-0.3, -0.25) is 9.52 Å². The van der Waals surface area contributed by atoms with E-state index < -0.39 is 10.0 Å². The van der Waals surface area contributed by atoms with Crippen molar-refractivity contribution in [2.75, 3.05) is 11.8 Å². The molecule has 8 heteroatoms. The standard InChI is InChI=1S/C25H29N3O4S/c1-5-28-25(29)20-9-7-6-8-19(20)24(26-28)18-11-13-22(32-4)23(15-18)33(30,31)27-21-12-10-16(2)14-17(21)3/h10-15,27H,5-9H2,1-4H3. The number of aryl methyl sites for hydroxylation is 3. The SMILES string of the molecule is CCn1nc(-c2ccc(OC)c(S(=O)(=O)Nc3ccc(C)cc3C)c2)c2c(c1=O)CCCC2. The molecule has 0 saturated heterocycles. The highest BCUT2D eigenvalue weighted by molar-refractivity contribution is 7.92. The van der Waals surface area contributed by atoms with Crippen LogP contribution in [0.1, 0.15) is 42.0 Å². The van der Waals surface area contributed by atoms with Crippen LogP contribution in [0, 0.1) is 13.8 Å². The summed E-state index contributed by atoms with van der Waals surface area (Å²) in [5, 5.41) is 4.61. The second-order valence-corrected chi connectivity index (χ2v) is 10.1. The Morgan fingerprint density at radius 3 is 2.45 bits per heavy atom. The van der Waals surface area contributed by atoms with Gasteiger partial charge < -0.3 is 4.74 Å². The van der Waals surface area contributed by atoms with Crippen molar-refractivity contribution in [3.8, 4) is 17.0 Å².